The van der Waals surface area contributed by atoms with Gasteiger partial charge in [0, 0.05) is 62.8 Å². The number of hydrogen-bond acceptors (Lipinski definition) is 12. The molecule has 0 aliphatic heterocycles. The van der Waals surface area contributed by atoms with E-state index in [-0.39, 0.29) is 125 Å². The molecule has 0 aromatic heterocycles. The number of unbranched alkanes of at least 4 members (excludes halogenated alkanes) is 14. The van der Waals surface area contributed by atoms with Gasteiger partial charge in [-0.25, -0.2) is 4.79 Å². The van der Waals surface area contributed by atoms with E-state index < -0.39 is 18.0 Å². The smallest absolute Gasteiger partial charge is 0.326 e. The highest BCUT2D eigenvalue weighted by atomic mass is 16.5. The van der Waals surface area contributed by atoms with Gasteiger partial charge in [-0.1, -0.05) is 77.0 Å². The van der Waals surface area contributed by atoms with E-state index in [9.17, 15) is 38.7 Å². The van der Waals surface area contributed by atoms with Crippen LogP contribution < -0.4 is 31.9 Å². The zero-order valence-corrected chi connectivity index (χ0v) is 44.1. The van der Waals surface area contributed by atoms with Crippen molar-refractivity contribution in [1.82, 2.24) is 31.9 Å². The van der Waals surface area contributed by atoms with Gasteiger partial charge in [0.25, 0.3) is 0 Å². The lowest BCUT2D eigenvalue weighted by Gasteiger charge is -2.31. The second kappa shape index (κ2) is 42.7. The lowest BCUT2D eigenvalue weighted by molar-refractivity contribution is -0.142. The number of aliphatic carboxylic acids is 2. The highest BCUT2D eigenvalue weighted by molar-refractivity contribution is 5.84. The summed E-state index contributed by atoms with van der Waals surface area (Å²) in [5.74, 6) is -2.85. The van der Waals surface area contributed by atoms with E-state index >= 15 is 0 Å². The summed E-state index contributed by atoms with van der Waals surface area (Å²) in [4.78, 5) is 83.8. The molecule has 0 spiro atoms. The van der Waals surface area contributed by atoms with E-state index in [1.54, 1.807) is 0 Å². The van der Waals surface area contributed by atoms with Gasteiger partial charge in [-0.2, -0.15) is 0 Å². The van der Waals surface area contributed by atoms with Gasteiger partial charge < -0.3 is 61.1 Å². The molecule has 0 rings (SSSR count). The Morgan fingerprint density at radius 1 is 0.400 bits per heavy atom. The number of hydrogen-bond donors (Lipinski definition) is 8. The molecule has 0 aromatic rings. The van der Waals surface area contributed by atoms with Gasteiger partial charge in [0.15, 0.2) is 0 Å². The molecule has 0 fully saturated rings. The molecule has 0 aromatic carbocycles. The van der Waals surface area contributed by atoms with Crippen LogP contribution in [-0.2, 0) is 52.5 Å². The topological polar surface area (TPSA) is 269 Å². The van der Waals surface area contributed by atoms with Gasteiger partial charge in [0.2, 0.25) is 29.5 Å². The lowest BCUT2D eigenvalue weighted by atomic mass is 10.0. The van der Waals surface area contributed by atoms with Crippen LogP contribution in [0.25, 0.3) is 0 Å². The fourth-order valence-electron chi connectivity index (χ4n) is 7.20. The van der Waals surface area contributed by atoms with Crippen LogP contribution in [0.4, 0.5) is 0 Å². The Hall–Kier alpha value is -3.91. The molecule has 0 saturated heterocycles. The minimum absolute atomic E-state index is 0.0179. The van der Waals surface area contributed by atoms with E-state index in [0.29, 0.717) is 45.8 Å². The molecule has 408 valence electrons. The minimum atomic E-state index is -1.18. The first kappa shape index (κ1) is 66.1. The van der Waals surface area contributed by atoms with Crippen molar-refractivity contribution in [1.29, 1.82) is 0 Å². The molecule has 0 heterocycles. The van der Waals surface area contributed by atoms with Crippen LogP contribution in [0, 0.1) is 0 Å². The van der Waals surface area contributed by atoms with Crippen LogP contribution in [0.3, 0.4) is 0 Å². The molecule has 19 heteroatoms. The first-order chi connectivity index (χ1) is 33.3. The van der Waals surface area contributed by atoms with Crippen molar-refractivity contribution in [3.63, 3.8) is 0 Å². The zero-order chi connectivity index (χ0) is 52.3. The third-order valence-electron chi connectivity index (χ3n) is 10.8. The highest BCUT2D eigenvalue weighted by Crippen LogP contribution is 2.14. The van der Waals surface area contributed by atoms with Crippen molar-refractivity contribution in [2.24, 2.45) is 0 Å². The van der Waals surface area contributed by atoms with Gasteiger partial charge in [0.05, 0.1) is 58.9 Å². The van der Waals surface area contributed by atoms with Gasteiger partial charge in [-0.05, 0) is 80.1 Å². The van der Waals surface area contributed by atoms with E-state index in [2.05, 4.69) is 31.9 Å². The van der Waals surface area contributed by atoms with Crippen LogP contribution in [0.1, 0.15) is 189 Å². The van der Waals surface area contributed by atoms with E-state index in [1.165, 1.54) is 44.9 Å². The summed E-state index contributed by atoms with van der Waals surface area (Å²) in [6.45, 7) is 15.3. The Balaban J connectivity index is 3.72. The number of carboxylic acid groups (broad SMARTS) is 2. The fraction of sp³-hybridized carbons (Fsp3) is 0.863. The maximum atomic E-state index is 12.8. The molecule has 19 nitrogen and oxygen atoms in total. The Bertz CT molecular complexity index is 1420. The van der Waals surface area contributed by atoms with Crippen LogP contribution in [-0.4, -0.2) is 147 Å². The second-order valence-electron chi connectivity index (χ2n) is 20.0. The summed E-state index contributed by atoms with van der Waals surface area (Å²) in [6.07, 6.45) is 18.2. The average molecular weight is 1000 g/mol. The molecule has 8 N–H and O–H groups in total. The van der Waals surface area contributed by atoms with Crippen molar-refractivity contribution < 1.29 is 62.7 Å². The largest absolute Gasteiger partial charge is 0.481 e. The molecule has 0 aliphatic rings. The van der Waals surface area contributed by atoms with Crippen molar-refractivity contribution in [3.05, 3.63) is 0 Å². The number of ether oxygens (including phenoxy) is 4. The molecule has 2 atom stereocenters. The molecule has 5 amide bonds. The normalized spacial score (nSPS) is 12.5. The first-order valence-corrected chi connectivity index (χ1v) is 26.2. The molecular formula is C51H96N6O13. The molecule has 0 bridgehead atoms. The molecule has 2 unspecified atom stereocenters. The Kier molecular flexibility index (Phi) is 40.4. The fourth-order valence-corrected chi connectivity index (χ4v) is 7.20. The van der Waals surface area contributed by atoms with Gasteiger partial charge in [0.1, 0.15) is 6.04 Å². The maximum Gasteiger partial charge on any atom is 0.326 e. The molecule has 0 aliphatic carbocycles. The minimum Gasteiger partial charge on any atom is -0.481 e. The number of amides is 5. The lowest BCUT2D eigenvalue weighted by Crippen LogP contribution is -2.55. The van der Waals surface area contributed by atoms with Gasteiger partial charge in [-0.3, -0.25) is 28.8 Å². The second-order valence-corrected chi connectivity index (χ2v) is 20.0. The van der Waals surface area contributed by atoms with Crippen molar-refractivity contribution in [2.75, 3.05) is 72.5 Å². The summed E-state index contributed by atoms with van der Waals surface area (Å²) >= 11 is 0. The molecular weight excluding hydrogens is 905 g/mol. The number of nitrogens with one attached hydrogen (secondary N) is 6. The third kappa shape index (κ3) is 46.5. The summed E-state index contributed by atoms with van der Waals surface area (Å²) in [5.41, 5.74) is -0.514. The number of carboxylic acids is 2. The zero-order valence-electron chi connectivity index (χ0n) is 44.1. The predicted molar refractivity (Wildman–Crippen MR) is 270 cm³/mol. The highest BCUT2D eigenvalue weighted by Gasteiger charge is 2.26. The quantitative estimate of drug-likeness (QED) is 0.0340. The summed E-state index contributed by atoms with van der Waals surface area (Å²) < 4.78 is 21.9. The number of rotatable bonds is 47. The Labute approximate surface area is 419 Å². The maximum absolute atomic E-state index is 12.8. The summed E-state index contributed by atoms with van der Waals surface area (Å²) in [6, 6.07) is -1.44. The SMILES string of the molecule is CC(C)(C)NC(=O)C(CCCCNC(=O)CCOCCOCCNC(=O)CCOCCOCCNC(=O)CCC(NC(=O)CCCCCCCCCCCCCCCCC(=O)O)C(=O)O)NC(C)(C)C. The van der Waals surface area contributed by atoms with Gasteiger partial charge in [-0.15, -0.1) is 0 Å². The van der Waals surface area contributed by atoms with Gasteiger partial charge >= 0.3 is 11.9 Å². The summed E-state index contributed by atoms with van der Waals surface area (Å²) in [7, 11) is 0. The standard InChI is InChI=1S/C51H96N6O13/c1-50(2,3)56-41(48(64)57-51(4,5)6)23-21-22-30-52-44(59)28-33-67-37-40-70-36-32-54-45(60)29-34-68-38-39-69-35-31-53-43(58)27-26-42(49(65)66)55-46(61)24-19-17-15-13-11-9-7-8-10-12-14-16-18-20-25-47(62)63/h41-42,56H,7-40H2,1-6H3,(H,52,59)(H,53,58)(H,54,60)(H,55,61)(H,57,64)(H,62,63)(H,65,66). The van der Waals surface area contributed by atoms with E-state index in [0.717, 1.165) is 51.4 Å². The Morgan fingerprint density at radius 2 is 0.814 bits per heavy atom. The van der Waals surface area contributed by atoms with Crippen molar-refractivity contribution in [2.45, 2.75) is 212 Å². The van der Waals surface area contributed by atoms with Crippen LogP contribution >= 0.6 is 0 Å². The van der Waals surface area contributed by atoms with Crippen LogP contribution in [0.5, 0.6) is 0 Å². The third-order valence-corrected chi connectivity index (χ3v) is 10.8. The Morgan fingerprint density at radius 3 is 1.24 bits per heavy atom. The molecule has 0 radical (unpaired) electrons. The monoisotopic (exact) mass is 1000 g/mol. The van der Waals surface area contributed by atoms with Crippen LogP contribution in [0.2, 0.25) is 0 Å². The number of carbonyl (C=O) groups excluding carboxylic acids is 5. The van der Waals surface area contributed by atoms with Crippen molar-refractivity contribution in [3.8, 4) is 0 Å². The van der Waals surface area contributed by atoms with Crippen molar-refractivity contribution >= 4 is 41.5 Å². The first-order valence-electron chi connectivity index (χ1n) is 26.2. The van der Waals surface area contributed by atoms with E-state index in [4.69, 9.17) is 24.1 Å². The number of carbonyl (C=O) groups is 7. The summed E-state index contributed by atoms with van der Waals surface area (Å²) in [5, 5.41) is 35.5. The average Bonchev–Trinajstić information content (AvgIpc) is 3.27. The van der Waals surface area contributed by atoms with E-state index in [1.807, 2.05) is 41.5 Å². The molecule has 70 heavy (non-hydrogen) atoms. The molecule has 0 saturated carbocycles. The van der Waals surface area contributed by atoms with Crippen LogP contribution in [0.15, 0.2) is 0 Å². The predicted octanol–water partition coefficient (Wildman–Crippen LogP) is 5.70.